The van der Waals surface area contributed by atoms with E-state index in [0.29, 0.717) is 12.1 Å². The third-order valence-electron chi connectivity index (χ3n) is 4.43. The standard InChI is InChI=1S/C23H20N4O/c1-26-16-21(14-24-26)22(28)13-12-20-17-27(15-18-8-4-2-5-9-18)25-23(20)19-10-6-3-7-11-19/h2-14,16-17H,15H2,1H3. The number of carbonyl (C=O) groups excluding carboxylic acids is 1. The highest BCUT2D eigenvalue weighted by atomic mass is 16.1. The van der Waals surface area contributed by atoms with Crippen LogP contribution in [0.3, 0.4) is 0 Å². The normalized spacial score (nSPS) is 11.2. The summed E-state index contributed by atoms with van der Waals surface area (Å²) in [7, 11) is 1.79. The maximum atomic E-state index is 12.4. The summed E-state index contributed by atoms with van der Waals surface area (Å²) in [6.07, 6.45) is 8.66. The Balaban J connectivity index is 1.66. The van der Waals surface area contributed by atoms with E-state index in [2.05, 4.69) is 17.2 Å². The summed E-state index contributed by atoms with van der Waals surface area (Å²) in [5.74, 6) is -0.0806. The molecule has 2 aromatic carbocycles. The maximum absolute atomic E-state index is 12.4. The van der Waals surface area contributed by atoms with Crippen LogP contribution in [0.5, 0.6) is 0 Å². The predicted octanol–water partition coefficient (Wildman–Crippen LogP) is 4.23. The Hall–Kier alpha value is -3.73. The molecule has 0 aliphatic heterocycles. The first-order chi connectivity index (χ1) is 13.7. The van der Waals surface area contributed by atoms with E-state index in [1.165, 1.54) is 5.56 Å². The topological polar surface area (TPSA) is 52.7 Å². The number of aromatic nitrogens is 4. The van der Waals surface area contributed by atoms with Gasteiger partial charge in [-0.05, 0) is 17.7 Å². The molecule has 0 aliphatic carbocycles. The second kappa shape index (κ2) is 7.88. The monoisotopic (exact) mass is 368 g/mol. The van der Waals surface area contributed by atoms with Crippen molar-refractivity contribution in [3.8, 4) is 11.3 Å². The molecule has 4 aromatic rings. The van der Waals surface area contributed by atoms with E-state index in [1.54, 1.807) is 30.2 Å². The minimum Gasteiger partial charge on any atom is -0.289 e. The largest absolute Gasteiger partial charge is 0.289 e. The minimum atomic E-state index is -0.0806. The zero-order valence-corrected chi connectivity index (χ0v) is 15.6. The molecule has 0 saturated heterocycles. The van der Waals surface area contributed by atoms with Crippen LogP contribution in [0, 0.1) is 0 Å². The average molecular weight is 368 g/mol. The van der Waals surface area contributed by atoms with Gasteiger partial charge in [0.2, 0.25) is 0 Å². The van der Waals surface area contributed by atoms with Gasteiger partial charge in [0.25, 0.3) is 0 Å². The summed E-state index contributed by atoms with van der Waals surface area (Å²) in [4.78, 5) is 12.4. The highest BCUT2D eigenvalue weighted by molar-refractivity contribution is 6.06. The third kappa shape index (κ3) is 3.99. The van der Waals surface area contributed by atoms with Crippen molar-refractivity contribution in [3.63, 3.8) is 0 Å². The van der Waals surface area contributed by atoms with Gasteiger partial charge in [-0.3, -0.25) is 14.2 Å². The molecule has 138 valence electrons. The van der Waals surface area contributed by atoms with E-state index in [4.69, 9.17) is 5.10 Å². The van der Waals surface area contributed by atoms with Crippen LogP contribution in [0.4, 0.5) is 0 Å². The van der Waals surface area contributed by atoms with Crippen molar-refractivity contribution in [1.29, 1.82) is 0 Å². The Kier molecular flexibility index (Phi) is 4.97. The number of rotatable bonds is 6. The van der Waals surface area contributed by atoms with Gasteiger partial charge in [-0.25, -0.2) is 0 Å². The van der Waals surface area contributed by atoms with Gasteiger partial charge < -0.3 is 0 Å². The Labute approximate surface area is 163 Å². The van der Waals surface area contributed by atoms with Crippen molar-refractivity contribution in [2.24, 2.45) is 7.05 Å². The van der Waals surface area contributed by atoms with Crippen molar-refractivity contribution >= 4 is 11.9 Å². The van der Waals surface area contributed by atoms with Crippen LogP contribution in [0.15, 0.2) is 85.3 Å². The molecule has 5 heteroatoms. The molecular formula is C23H20N4O. The number of benzene rings is 2. The van der Waals surface area contributed by atoms with Crippen LogP contribution in [0.2, 0.25) is 0 Å². The van der Waals surface area contributed by atoms with Crippen molar-refractivity contribution in [1.82, 2.24) is 19.6 Å². The van der Waals surface area contributed by atoms with Gasteiger partial charge in [-0.2, -0.15) is 10.2 Å². The lowest BCUT2D eigenvalue weighted by Crippen LogP contribution is -1.99. The Morgan fingerprint density at radius 2 is 1.71 bits per heavy atom. The molecule has 0 saturated carbocycles. The van der Waals surface area contributed by atoms with Gasteiger partial charge in [-0.15, -0.1) is 0 Å². The van der Waals surface area contributed by atoms with E-state index in [0.717, 1.165) is 16.8 Å². The first-order valence-electron chi connectivity index (χ1n) is 9.07. The number of allylic oxidation sites excluding steroid dienone is 1. The summed E-state index contributed by atoms with van der Waals surface area (Å²) in [6, 6.07) is 20.2. The zero-order chi connectivity index (χ0) is 19.3. The number of carbonyl (C=O) groups is 1. The van der Waals surface area contributed by atoms with Crippen molar-refractivity contribution in [2.75, 3.05) is 0 Å². The van der Waals surface area contributed by atoms with Crippen LogP contribution in [-0.2, 0) is 13.6 Å². The molecule has 0 spiro atoms. The molecule has 0 unspecified atom stereocenters. The summed E-state index contributed by atoms with van der Waals surface area (Å²) in [5.41, 5.74) is 4.51. The molecule has 0 atom stereocenters. The highest BCUT2D eigenvalue weighted by Crippen LogP contribution is 2.23. The van der Waals surface area contributed by atoms with Crippen molar-refractivity contribution in [2.45, 2.75) is 6.54 Å². The summed E-state index contributed by atoms with van der Waals surface area (Å²) < 4.78 is 3.53. The van der Waals surface area contributed by atoms with Crippen molar-refractivity contribution < 1.29 is 4.79 Å². The Morgan fingerprint density at radius 3 is 2.39 bits per heavy atom. The fourth-order valence-electron chi connectivity index (χ4n) is 3.04. The third-order valence-corrected chi connectivity index (χ3v) is 4.43. The molecule has 5 nitrogen and oxygen atoms in total. The first kappa shape index (κ1) is 17.7. The van der Waals surface area contributed by atoms with E-state index in [-0.39, 0.29) is 5.78 Å². The summed E-state index contributed by atoms with van der Waals surface area (Å²) in [6.45, 7) is 0.672. The second-order valence-corrected chi connectivity index (χ2v) is 6.58. The van der Waals surface area contributed by atoms with E-state index in [9.17, 15) is 4.79 Å². The van der Waals surface area contributed by atoms with Gasteiger partial charge >= 0.3 is 0 Å². The lowest BCUT2D eigenvalue weighted by molar-refractivity contribution is 0.104. The molecule has 4 rings (SSSR count). The van der Waals surface area contributed by atoms with Gasteiger partial charge in [-0.1, -0.05) is 60.7 Å². The second-order valence-electron chi connectivity index (χ2n) is 6.58. The molecule has 0 N–H and O–H groups in total. The number of nitrogens with zero attached hydrogens (tertiary/aromatic N) is 4. The average Bonchev–Trinajstić information content (AvgIpc) is 3.34. The van der Waals surface area contributed by atoms with Crippen LogP contribution in [0.1, 0.15) is 21.5 Å². The van der Waals surface area contributed by atoms with Crippen LogP contribution in [0.25, 0.3) is 17.3 Å². The number of aryl methyl sites for hydroxylation is 1. The van der Waals surface area contributed by atoms with Crippen LogP contribution in [-0.4, -0.2) is 25.3 Å². The molecule has 0 amide bonds. The van der Waals surface area contributed by atoms with Crippen LogP contribution < -0.4 is 0 Å². The predicted molar refractivity (Wildman–Crippen MR) is 110 cm³/mol. The van der Waals surface area contributed by atoms with E-state index in [1.807, 2.05) is 65.5 Å². The van der Waals surface area contributed by atoms with E-state index >= 15 is 0 Å². The summed E-state index contributed by atoms with van der Waals surface area (Å²) >= 11 is 0. The lowest BCUT2D eigenvalue weighted by Gasteiger charge is -2.01. The molecule has 0 aliphatic rings. The van der Waals surface area contributed by atoms with Gasteiger partial charge in [0.05, 0.1) is 24.0 Å². The lowest BCUT2D eigenvalue weighted by atomic mass is 10.1. The maximum Gasteiger partial charge on any atom is 0.189 e. The first-order valence-corrected chi connectivity index (χ1v) is 9.07. The fraction of sp³-hybridized carbons (Fsp3) is 0.0870. The fourth-order valence-corrected chi connectivity index (χ4v) is 3.04. The molecule has 0 fully saturated rings. The Morgan fingerprint density at radius 1 is 1.00 bits per heavy atom. The molecule has 0 bridgehead atoms. The van der Waals surface area contributed by atoms with Crippen molar-refractivity contribution in [3.05, 3.63) is 102 Å². The van der Waals surface area contributed by atoms with Crippen LogP contribution >= 0.6 is 0 Å². The van der Waals surface area contributed by atoms with E-state index < -0.39 is 0 Å². The highest BCUT2D eigenvalue weighted by Gasteiger charge is 2.11. The molecule has 2 aromatic heterocycles. The molecule has 0 radical (unpaired) electrons. The number of hydrogen-bond acceptors (Lipinski definition) is 3. The minimum absolute atomic E-state index is 0.0806. The Bertz CT molecular complexity index is 1110. The molecule has 28 heavy (non-hydrogen) atoms. The zero-order valence-electron chi connectivity index (χ0n) is 15.6. The van der Waals surface area contributed by atoms with Gasteiger partial charge in [0.1, 0.15) is 0 Å². The quantitative estimate of drug-likeness (QED) is 0.378. The SMILES string of the molecule is Cn1cc(C(=O)C=Cc2cn(Cc3ccccc3)nc2-c2ccccc2)cn1. The number of hydrogen-bond donors (Lipinski definition) is 0. The molecular weight excluding hydrogens is 348 g/mol. The molecule has 2 heterocycles. The smallest absolute Gasteiger partial charge is 0.189 e. The van der Waals surface area contributed by atoms with Gasteiger partial charge in [0, 0.05) is 30.6 Å². The van der Waals surface area contributed by atoms with Gasteiger partial charge in [0.15, 0.2) is 5.78 Å². The number of ketones is 1. The summed E-state index contributed by atoms with van der Waals surface area (Å²) in [5, 5.41) is 8.82.